The van der Waals surface area contributed by atoms with Crippen LogP contribution in [0.4, 0.5) is 5.95 Å². The number of rotatable bonds is 1. The van der Waals surface area contributed by atoms with Crippen LogP contribution in [0.5, 0.6) is 0 Å². The van der Waals surface area contributed by atoms with Crippen molar-refractivity contribution in [1.82, 2.24) is 19.5 Å². The van der Waals surface area contributed by atoms with Crippen molar-refractivity contribution in [3.05, 3.63) is 26.9 Å². The molecule has 0 unspecified atom stereocenters. The van der Waals surface area contributed by atoms with Crippen LogP contribution in [0.1, 0.15) is 31.7 Å². The Labute approximate surface area is 102 Å². The Kier molecular flexibility index (Phi) is 2.39. The average Bonchev–Trinajstić information content (AvgIpc) is 2.81. The van der Waals surface area contributed by atoms with E-state index in [4.69, 9.17) is 5.73 Å². The summed E-state index contributed by atoms with van der Waals surface area (Å²) in [4.78, 5) is 34.0. The lowest BCUT2D eigenvalue weighted by atomic mass is 10.2. The molecular weight excluding hydrogens is 234 g/mol. The van der Waals surface area contributed by atoms with Gasteiger partial charge in [-0.1, -0.05) is 12.8 Å². The van der Waals surface area contributed by atoms with Gasteiger partial charge in [0.05, 0.1) is 6.20 Å². The largest absolute Gasteiger partial charge is 0.369 e. The van der Waals surface area contributed by atoms with Gasteiger partial charge in [-0.25, -0.2) is 4.98 Å². The van der Waals surface area contributed by atoms with Crippen molar-refractivity contribution < 1.29 is 0 Å². The Morgan fingerprint density at radius 1 is 1.33 bits per heavy atom. The number of nitrogen functional groups attached to an aromatic ring is 1. The van der Waals surface area contributed by atoms with Gasteiger partial charge in [-0.05, 0) is 12.8 Å². The molecule has 0 amide bonds. The van der Waals surface area contributed by atoms with E-state index in [1.807, 2.05) is 0 Å². The summed E-state index contributed by atoms with van der Waals surface area (Å²) in [5, 5.41) is 0. The van der Waals surface area contributed by atoms with Gasteiger partial charge in [0.2, 0.25) is 5.95 Å². The summed E-state index contributed by atoms with van der Waals surface area (Å²) >= 11 is 0. The van der Waals surface area contributed by atoms with Gasteiger partial charge in [0, 0.05) is 6.04 Å². The Bertz CT molecular complexity index is 711. The second-order valence-electron chi connectivity index (χ2n) is 4.53. The van der Waals surface area contributed by atoms with Gasteiger partial charge in [0.1, 0.15) is 0 Å². The zero-order valence-electron chi connectivity index (χ0n) is 9.72. The van der Waals surface area contributed by atoms with Gasteiger partial charge in [-0.3, -0.25) is 19.1 Å². The molecule has 0 radical (unpaired) electrons. The number of hydrogen-bond acceptors (Lipinski definition) is 5. The molecule has 18 heavy (non-hydrogen) atoms. The number of aromatic amines is 1. The first-order chi connectivity index (χ1) is 8.66. The summed E-state index contributed by atoms with van der Waals surface area (Å²) in [7, 11) is 0. The average molecular weight is 247 g/mol. The van der Waals surface area contributed by atoms with Crippen LogP contribution in [-0.2, 0) is 0 Å². The Hall–Kier alpha value is -2.18. The van der Waals surface area contributed by atoms with Crippen molar-refractivity contribution >= 4 is 17.1 Å². The van der Waals surface area contributed by atoms with Gasteiger partial charge in [-0.2, -0.15) is 4.98 Å². The summed E-state index contributed by atoms with van der Waals surface area (Å²) in [6.07, 6.45) is 5.19. The SMILES string of the molecule is Nc1nc2c(ncc(=O)n2C2CCCC2)c(=O)[nH]1. The third-order valence-corrected chi connectivity index (χ3v) is 3.35. The zero-order valence-corrected chi connectivity index (χ0v) is 9.72. The van der Waals surface area contributed by atoms with E-state index < -0.39 is 5.56 Å². The predicted molar refractivity (Wildman–Crippen MR) is 66.3 cm³/mol. The fourth-order valence-electron chi connectivity index (χ4n) is 2.56. The van der Waals surface area contributed by atoms with E-state index in [0.29, 0.717) is 0 Å². The molecule has 0 bridgehead atoms. The highest BCUT2D eigenvalue weighted by molar-refractivity contribution is 5.69. The molecule has 1 aliphatic carbocycles. The summed E-state index contributed by atoms with van der Waals surface area (Å²) in [6, 6.07) is 0.0942. The van der Waals surface area contributed by atoms with Crippen LogP contribution in [0.3, 0.4) is 0 Å². The maximum absolute atomic E-state index is 12.0. The number of H-pyrrole nitrogens is 1. The number of nitrogens with two attached hydrogens (primary N) is 1. The molecule has 0 atom stereocenters. The van der Waals surface area contributed by atoms with E-state index in [1.54, 1.807) is 4.57 Å². The Balaban J connectivity index is 2.37. The molecule has 2 aromatic heterocycles. The number of nitrogens with one attached hydrogen (secondary N) is 1. The van der Waals surface area contributed by atoms with E-state index >= 15 is 0 Å². The number of fused-ring (bicyclic) bond motifs is 1. The van der Waals surface area contributed by atoms with Gasteiger partial charge in [0.25, 0.3) is 11.1 Å². The smallest absolute Gasteiger partial charge is 0.280 e. The van der Waals surface area contributed by atoms with E-state index in [1.165, 1.54) is 6.20 Å². The molecule has 0 saturated heterocycles. The van der Waals surface area contributed by atoms with E-state index in [0.717, 1.165) is 25.7 Å². The lowest BCUT2D eigenvalue weighted by Gasteiger charge is -2.14. The van der Waals surface area contributed by atoms with Crippen molar-refractivity contribution in [3.63, 3.8) is 0 Å². The molecule has 1 fully saturated rings. The van der Waals surface area contributed by atoms with Gasteiger partial charge < -0.3 is 5.73 Å². The summed E-state index contributed by atoms with van der Waals surface area (Å²) in [5.74, 6) is 0.00615. The quantitative estimate of drug-likeness (QED) is 0.747. The Morgan fingerprint density at radius 3 is 2.78 bits per heavy atom. The minimum Gasteiger partial charge on any atom is -0.369 e. The van der Waals surface area contributed by atoms with Crippen molar-refractivity contribution in [2.75, 3.05) is 5.73 Å². The molecule has 3 N–H and O–H groups in total. The van der Waals surface area contributed by atoms with Crippen LogP contribution in [0.15, 0.2) is 15.8 Å². The Morgan fingerprint density at radius 2 is 2.06 bits per heavy atom. The van der Waals surface area contributed by atoms with Gasteiger partial charge in [0.15, 0.2) is 11.2 Å². The predicted octanol–water partition coefficient (Wildman–Crippen LogP) is 0.177. The van der Waals surface area contributed by atoms with E-state index in [9.17, 15) is 9.59 Å². The van der Waals surface area contributed by atoms with Crippen molar-refractivity contribution in [2.24, 2.45) is 0 Å². The molecule has 2 aromatic rings. The van der Waals surface area contributed by atoms with Crippen molar-refractivity contribution in [2.45, 2.75) is 31.7 Å². The highest BCUT2D eigenvalue weighted by Crippen LogP contribution is 2.29. The lowest BCUT2D eigenvalue weighted by molar-refractivity contribution is 0.514. The topological polar surface area (TPSA) is 107 Å². The minimum atomic E-state index is -0.413. The summed E-state index contributed by atoms with van der Waals surface area (Å²) < 4.78 is 1.56. The standard InChI is InChI=1S/C11H13N5O2/c12-11-14-9-8(10(18)15-11)13-5-7(17)16(9)6-3-1-2-4-6/h5-6H,1-4H2,(H3,12,14,15,18). The zero-order chi connectivity index (χ0) is 12.7. The van der Waals surface area contributed by atoms with Crippen molar-refractivity contribution in [1.29, 1.82) is 0 Å². The van der Waals surface area contributed by atoms with Gasteiger partial charge >= 0.3 is 0 Å². The highest BCUT2D eigenvalue weighted by Gasteiger charge is 2.21. The molecule has 94 valence electrons. The van der Waals surface area contributed by atoms with Gasteiger partial charge in [-0.15, -0.1) is 0 Å². The lowest BCUT2D eigenvalue weighted by Crippen LogP contribution is -2.27. The fraction of sp³-hybridized carbons (Fsp3) is 0.455. The van der Waals surface area contributed by atoms with E-state index in [-0.39, 0.29) is 28.7 Å². The molecule has 0 aromatic carbocycles. The molecule has 1 saturated carbocycles. The maximum Gasteiger partial charge on any atom is 0.280 e. The van der Waals surface area contributed by atoms with E-state index in [2.05, 4.69) is 15.0 Å². The first-order valence-corrected chi connectivity index (χ1v) is 5.94. The van der Waals surface area contributed by atoms with Crippen LogP contribution in [0, 0.1) is 0 Å². The highest BCUT2D eigenvalue weighted by atomic mass is 16.1. The third kappa shape index (κ3) is 1.59. The molecule has 7 nitrogen and oxygen atoms in total. The first kappa shape index (κ1) is 10.9. The molecular formula is C11H13N5O2. The second-order valence-corrected chi connectivity index (χ2v) is 4.53. The molecule has 3 rings (SSSR count). The van der Waals surface area contributed by atoms with Crippen LogP contribution in [0.25, 0.3) is 11.2 Å². The van der Waals surface area contributed by atoms with Crippen LogP contribution in [-0.4, -0.2) is 19.5 Å². The summed E-state index contributed by atoms with van der Waals surface area (Å²) in [5.41, 5.74) is 5.34. The molecule has 0 aliphatic heterocycles. The fourth-order valence-corrected chi connectivity index (χ4v) is 2.56. The molecule has 0 spiro atoms. The first-order valence-electron chi connectivity index (χ1n) is 5.94. The monoisotopic (exact) mass is 247 g/mol. The minimum absolute atomic E-state index is 0.00615. The number of nitrogens with zero attached hydrogens (tertiary/aromatic N) is 3. The maximum atomic E-state index is 12.0. The van der Waals surface area contributed by atoms with Crippen LogP contribution >= 0.6 is 0 Å². The van der Waals surface area contributed by atoms with Crippen LogP contribution < -0.4 is 16.9 Å². The molecule has 1 aliphatic rings. The second kappa shape index (κ2) is 3.94. The molecule has 7 heteroatoms. The third-order valence-electron chi connectivity index (χ3n) is 3.35. The molecule has 2 heterocycles. The number of anilines is 1. The number of hydrogen-bond donors (Lipinski definition) is 2. The van der Waals surface area contributed by atoms with Crippen LogP contribution in [0.2, 0.25) is 0 Å². The number of aromatic nitrogens is 4. The summed E-state index contributed by atoms with van der Waals surface area (Å²) in [6.45, 7) is 0. The normalized spacial score (nSPS) is 16.4. The van der Waals surface area contributed by atoms with Crippen molar-refractivity contribution in [3.8, 4) is 0 Å².